The van der Waals surface area contributed by atoms with E-state index in [-0.39, 0.29) is 0 Å². The predicted octanol–water partition coefficient (Wildman–Crippen LogP) is 4.07. The van der Waals surface area contributed by atoms with Crippen molar-refractivity contribution in [3.8, 4) is 0 Å². The van der Waals surface area contributed by atoms with Gasteiger partial charge in [0.05, 0.1) is 4.90 Å². The molecule has 1 aliphatic heterocycles. The summed E-state index contributed by atoms with van der Waals surface area (Å²) in [5.74, 6) is 0. The summed E-state index contributed by atoms with van der Waals surface area (Å²) in [5, 5.41) is 2.01. The fourth-order valence-corrected chi connectivity index (χ4v) is 5.46. The van der Waals surface area contributed by atoms with Crippen molar-refractivity contribution in [2.75, 3.05) is 32.4 Å². The van der Waals surface area contributed by atoms with Crippen molar-refractivity contribution in [1.29, 1.82) is 0 Å². The van der Waals surface area contributed by atoms with Gasteiger partial charge in [0, 0.05) is 37.6 Å². The third-order valence-corrected chi connectivity index (χ3v) is 7.89. The Morgan fingerprint density at radius 3 is 2.21 bits per heavy atom. The van der Waals surface area contributed by atoms with Gasteiger partial charge in [-0.1, -0.05) is 42.5 Å². The van der Waals surface area contributed by atoms with Crippen LogP contribution in [0.3, 0.4) is 0 Å². The first-order valence-electron chi connectivity index (χ1n) is 9.40. The van der Waals surface area contributed by atoms with Crippen LogP contribution in [-0.2, 0) is 16.6 Å². The second-order valence-electron chi connectivity index (χ2n) is 7.04. The molecule has 0 saturated carbocycles. The Bertz CT molecular complexity index is 1060. The minimum Gasteiger partial charge on any atom is -0.296 e. The van der Waals surface area contributed by atoms with E-state index in [0.717, 1.165) is 30.4 Å². The van der Waals surface area contributed by atoms with E-state index < -0.39 is 10.0 Å². The van der Waals surface area contributed by atoms with Crippen LogP contribution in [0.4, 0.5) is 0 Å². The molecule has 146 valence electrons. The number of benzene rings is 3. The lowest BCUT2D eigenvalue weighted by Crippen LogP contribution is -2.48. The van der Waals surface area contributed by atoms with E-state index >= 15 is 0 Å². The lowest BCUT2D eigenvalue weighted by Gasteiger charge is -2.34. The molecule has 0 spiro atoms. The molecule has 3 aromatic carbocycles. The van der Waals surface area contributed by atoms with Crippen LogP contribution in [-0.4, -0.2) is 50.1 Å². The van der Waals surface area contributed by atoms with Crippen LogP contribution in [0.5, 0.6) is 0 Å². The number of rotatable bonds is 5. The van der Waals surface area contributed by atoms with Crippen LogP contribution < -0.4 is 0 Å². The number of sulfonamides is 1. The molecule has 0 atom stereocenters. The van der Waals surface area contributed by atoms with E-state index in [1.165, 1.54) is 10.5 Å². The summed E-state index contributed by atoms with van der Waals surface area (Å²) >= 11 is 1.74. The number of nitrogens with zero attached hydrogens (tertiary/aromatic N) is 2. The van der Waals surface area contributed by atoms with Crippen molar-refractivity contribution in [3.63, 3.8) is 0 Å². The number of piperazine rings is 1. The molecule has 1 aliphatic rings. The topological polar surface area (TPSA) is 40.6 Å². The summed E-state index contributed by atoms with van der Waals surface area (Å²) in [6, 6.07) is 21.8. The highest BCUT2D eigenvalue weighted by Crippen LogP contribution is 2.23. The molecule has 0 aliphatic carbocycles. The second-order valence-corrected chi connectivity index (χ2v) is 9.85. The zero-order valence-electron chi connectivity index (χ0n) is 15.9. The van der Waals surface area contributed by atoms with Gasteiger partial charge in [-0.25, -0.2) is 8.42 Å². The Labute approximate surface area is 171 Å². The van der Waals surface area contributed by atoms with Crippen LogP contribution >= 0.6 is 11.8 Å². The maximum Gasteiger partial charge on any atom is 0.243 e. The maximum absolute atomic E-state index is 13.1. The van der Waals surface area contributed by atoms with Crippen molar-refractivity contribution in [3.05, 3.63) is 72.3 Å². The zero-order valence-corrected chi connectivity index (χ0v) is 17.5. The lowest BCUT2D eigenvalue weighted by atomic mass is 10.1. The average Bonchev–Trinajstić information content (AvgIpc) is 2.74. The summed E-state index contributed by atoms with van der Waals surface area (Å²) in [4.78, 5) is 3.96. The highest BCUT2D eigenvalue weighted by Gasteiger charge is 2.28. The summed E-state index contributed by atoms with van der Waals surface area (Å²) < 4.78 is 27.8. The van der Waals surface area contributed by atoms with Crippen molar-refractivity contribution in [2.24, 2.45) is 0 Å². The van der Waals surface area contributed by atoms with Gasteiger partial charge in [0.2, 0.25) is 10.0 Å². The quantitative estimate of drug-likeness (QED) is 0.593. The van der Waals surface area contributed by atoms with Gasteiger partial charge in [0.1, 0.15) is 0 Å². The molecular formula is C22H24N2O2S2. The summed E-state index contributed by atoms with van der Waals surface area (Å²) in [6.07, 6.45) is 2.07. The van der Waals surface area contributed by atoms with Crippen LogP contribution in [0.1, 0.15) is 5.56 Å². The SMILES string of the molecule is CSc1ccc(CN2CCN(S(=O)(=O)c3ccc4ccccc4c3)CC2)cc1. The van der Waals surface area contributed by atoms with Gasteiger partial charge in [0.25, 0.3) is 0 Å². The monoisotopic (exact) mass is 412 g/mol. The van der Waals surface area contributed by atoms with Gasteiger partial charge in [0.15, 0.2) is 0 Å². The first kappa shape index (κ1) is 19.5. The largest absolute Gasteiger partial charge is 0.296 e. The molecule has 0 amide bonds. The number of fused-ring (bicyclic) bond motifs is 1. The normalized spacial score (nSPS) is 16.5. The Kier molecular flexibility index (Phi) is 5.73. The highest BCUT2D eigenvalue weighted by atomic mass is 32.2. The van der Waals surface area contributed by atoms with Crippen molar-refractivity contribution < 1.29 is 8.42 Å². The average molecular weight is 413 g/mol. The molecule has 4 rings (SSSR count). The van der Waals surface area contributed by atoms with Crippen LogP contribution in [0.15, 0.2) is 76.5 Å². The third-order valence-electron chi connectivity index (χ3n) is 5.26. The molecule has 4 nitrogen and oxygen atoms in total. The fraction of sp³-hybridized carbons (Fsp3) is 0.273. The van der Waals surface area contributed by atoms with Crippen molar-refractivity contribution in [2.45, 2.75) is 16.3 Å². The van der Waals surface area contributed by atoms with Gasteiger partial charge < -0.3 is 0 Å². The van der Waals surface area contributed by atoms with Crippen LogP contribution in [0.2, 0.25) is 0 Å². The van der Waals surface area contributed by atoms with Gasteiger partial charge in [-0.2, -0.15) is 4.31 Å². The minimum atomic E-state index is -3.45. The molecule has 6 heteroatoms. The molecule has 0 radical (unpaired) electrons. The van der Waals surface area contributed by atoms with E-state index in [9.17, 15) is 8.42 Å². The lowest BCUT2D eigenvalue weighted by molar-refractivity contribution is 0.181. The van der Waals surface area contributed by atoms with E-state index in [1.54, 1.807) is 28.2 Å². The first-order valence-corrected chi connectivity index (χ1v) is 12.1. The smallest absolute Gasteiger partial charge is 0.243 e. The molecule has 3 aromatic rings. The summed E-state index contributed by atoms with van der Waals surface area (Å²) in [6.45, 7) is 3.41. The molecule has 28 heavy (non-hydrogen) atoms. The highest BCUT2D eigenvalue weighted by molar-refractivity contribution is 7.98. The van der Waals surface area contributed by atoms with Gasteiger partial charge >= 0.3 is 0 Å². The number of hydrogen-bond donors (Lipinski definition) is 0. The molecule has 1 fully saturated rings. The second kappa shape index (κ2) is 8.25. The molecule has 1 heterocycles. The van der Waals surface area contributed by atoms with E-state index in [0.29, 0.717) is 18.0 Å². The molecule has 1 saturated heterocycles. The molecular weight excluding hydrogens is 388 g/mol. The molecule has 0 aromatic heterocycles. The minimum absolute atomic E-state index is 0.382. The third kappa shape index (κ3) is 4.10. The van der Waals surface area contributed by atoms with E-state index in [2.05, 4.69) is 35.4 Å². The van der Waals surface area contributed by atoms with Gasteiger partial charge in [-0.15, -0.1) is 11.8 Å². The van der Waals surface area contributed by atoms with Crippen LogP contribution in [0, 0.1) is 0 Å². The number of hydrogen-bond acceptors (Lipinski definition) is 4. The number of thioether (sulfide) groups is 1. The standard InChI is InChI=1S/C22H24N2O2S2/c1-27-21-9-6-18(7-10-21)17-23-12-14-24(15-13-23)28(25,26)22-11-8-19-4-2-3-5-20(19)16-22/h2-11,16H,12-15,17H2,1H3. The Hall–Kier alpha value is -1.86. The predicted molar refractivity (Wildman–Crippen MR) is 116 cm³/mol. The maximum atomic E-state index is 13.1. The van der Waals surface area contributed by atoms with Gasteiger partial charge in [-0.3, -0.25) is 4.90 Å². The first-order chi connectivity index (χ1) is 13.6. The summed E-state index contributed by atoms with van der Waals surface area (Å²) in [7, 11) is -3.45. The van der Waals surface area contributed by atoms with Crippen molar-refractivity contribution in [1.82, 2.24) is 9.21 Å². The fourth-order valence-electron chi connectivity index (χ4n) is 3.59. The molecule has 0 bridgehead atoms. The zero-order chi connectivity index (χ0) is 19.6. The molecule has 0 N–H and O–H groups in total. The summed E-state index contributed by atoms with van der Waals surface area (Å²) in [5.41, 5.74) is 1.27. The Morgan fingerprint density at radius 1 is 0.857 bits per heavy atom. The van der Waals surface area contributed by atoms with Gasteiger partial charge in [-0.05, 0) is 46.9 Å². The Balaban J connectivity index is 1.42. The van der Waals surface area contributed by atoms with Crippen LogP contribution in [0.25, 0.3) is 10.8 Å². The van der Waals surface area contributed by atoms with Crippen molar-refractivity contribution >= 4 is 32.6 Å². The molecule has 0 unspecified atom stereocenters. The van der Waals surface area contributed by atoms with E-state index in [4.69, 9.17) is 0 Å². The Morgan fingerprint density at radius 2 is 1.54 bits per heavy atom. The van der Waals surface area contributed by atoms with E-state index in [1.807, 2.05) is 30.3 Å².